The molecule has 4 rings (SSSR count). The molecular weight excluding hydrogens is 436 g/mol. The Labute approximate surface area is 205 Å². The summed E-state index contributed by atoms with van der Waals surface area (Å²) in [5.41, 5.74) is 2.44. The van der Waals surface area contributed by atoms with Crippen molar-refractivity contribution in [1.82, 2.24) is 0 Å². The summed E-state index contributed by atoms with van der Waals surface area (Å²) < 4.78 is 5.40. The van der Waals surface area contributed by atoms with Gasteiger partial charge < -0.3 is 9.84 Å². The third-order valence-electron chi connectivity index (χ3n) is 6.18. The Balaban J connectivity index is 1.91. The van der Waals surface area contributed by atoms with E-state index in [1.165, 1.54) is 0 Å². The van der Waals surface area contributed by atoms with Gasteiger partial charge in [0.2, 0.25) is 0 Å². The predicted octanol–water partition coefficient (Wildman–Crippen LogP) is 7.07. The molecule has 0 spiro atoms. The zero-order valence-electron chi connectivity index (χ0n) is 20.1. The van der Waals surface area contributed by atoms with Crippen molar-refractivity contribution in [3.8, 4) is 5.75 Å². The Morgan fingerprint density at radius 2 is 1.11 bits per heavy atom. The second-order valence-corrected chi connectivity index (χ2v) is 8.81. The predicted molar refractivity (Wildman–Crippen MR) is 137 cm³/mol. The highest BCUT2D eigenvalue weighted by Gasteiger charge is 2.38. The third-order valence-corrected chi connectivity index (χ3v) is 6.18. The van der Waals surface area contributed by atoms with Gasteiger partial charge in [-0.1, -0.05) is 84.9 Å². The van der Waals surface area contributed by atoms with Gasteiger partial charge in [0.1, 0.15) is 11.3 Å². The molecule has 0 amide bonds. The quantitative estimate of drug-likeness (QED) is 0.224. The molecule has 0 aliphatic heterocycles. The van der Waals surface area contributed by atoms with Gasteiger partial charge in [0.25, 0.3) is 0 Å². The number of ether oxygens (including phenoxy) is 1. The lowest BCUT2D eigenvalue weighted by atomic mass is 9.78. The molecule has 0 saturated carbocycles. The van der Waals surface area contributed by atoms with E-state index in [9.17, 15) is 9.90 Å². The van der Waals surface area contributed by atoms with E-state index in [0.29, 0.717) is 0 Å². The zero-order valence-corrected chi connectivity index (χ0v) is 20.1. The molecule has 0 fully saturated rings. The summed E-state index contributed by atoms with van der Waals surface area (Å²) in [6, 6.07) is 34.9. The number of carbonyl (C=O) groups is 1. The number of methoxy groups -OCH3 is 1. The van der Waals surface area contributed by atoms with Gasteiger partial charge in [-0.05, 0) is 60.4 Å². The van der Waals surface area contributed by atoms with Gasteiger partial charge in [0.15, 0.2) is 5.54 Å². The van der Waals surface area contributed by atoms with Crippen LogP contribution in [0.5, 0.6) is 5.75 Å². The van der Waals surface area contributed by atoms with E-state index >= 15 is 0 Å². The fourth-order valence-corrected chi connectivity index (χ4v) is 4.14. The number of benzene rings is 4. The molecule has 0 unspecified atom stereocenters. The molecule has 0 atom stereocenters. The normalized spacial score (nSPS) is 12.0. The average Bonchev–Trinajstić information content (AvgIpc) is 2.90. The number of hydrogen-bond donors (Lipinski definition) is 1. The second kappa shape index (κ2) is 9.94. The molecule has 35 heavy (non-hydrogen) atoms. The summed E-state index contributed by atoms with van der Waals surface area (Å²) in [7, 11) is 1.65. The van der Waals surface area contributed by atoms with Crippen LogP contribution in [0.3, 0.4) is 0 Å². The van der Waals surface area contributed by atoms with Gasteiger partial charge in [0, 0.05) is 0 Å². The van der Waals surface area contributed by atoms with Crippen molar-refractivity contribution < 1.29 is 14.6 Å². The lowest BCUT2D eigenvalue weighted by Gasteiger charge is -2.32. The van der Waals surface area contributed by atoms with E-state index < -0.39 is 17.0 Å². The van der Waals surface area contributed by atoms with E-state index in [1.54, 1.807) is 31.4 Å². The lowest BCUT2D eigenvalue weighted by molar-refractivity contribution is 0.0697. The van der Waals surface area contributed by atoms with Crippen LogP contribution in [0.4, 0.5) is 0 Å². The smallest absolute Gasteiger partial charge is 0.335 e. The van der Waals surface area contributed by atoms with E-state index in [2.05, 4.69) is 24.3 Å². The highest BCUT2D eigenvalue weighted by Crippen LogP contribution is 2.42. The maximum atomic E-state index is 11.3. The summed E-state index contributed by atoms with van der Waals surface area (Å²) in [5.74, 6) is -0.192. The van der Waals surface area contributed by atoms with Crippen LogP contribution in [-0.4, -0.2) is 18.2 Å². The van der Waals surface area contributed by atoms with E-state index in [1.807, 2.05) is 74.5 Å². The van der Waals surface area contributed by atoms with Crippen LogP contribution < -0.4 is 4.74 Å². The Morgan fingerprint density at radius 1 is 0.657 bits per heavy atom. The maximum Gasteiger partial charge on any atom is 0.335 e. The van der Waals surface area contributed by atoms with Gasteiger partial charge in [-0.25, -0.2) is 4.79 Å². The molecule has 4 aromatic carbocycles. The van der Waals surface area contributed by atoms with Crippen LogP contribution in [0.2, 0.25) is 0 Å². The van der Waals surface area contributed by atoms with Crippen LogP contribution in [0, 0.1) is 0 Å². The van der Waals surface area contributed by atoms with Crippen molar-refractivity contribution in [1.29, 1.82) is 0 Å². The van der Waals surface area contributed by atoms with Crippen molar-refractivity contribution in [2.75, 3.05) is 7.11 Å². The fourth-order valence-electron chi connectivity index (χ4n) is 4.14. The van der Waals surface area contributed by atoms with Crippen LogP contribution in [-0.2, 0) is 11.1 Å². The molecule has 0 aromatic heterocycles. The topological polar surface area (TPSA) is 71.2 Å². The Kier molecular flexibility index (Phi) is 6.78. The van der Waals surface area contributed by atoms with Gasteiger partial charge in [0.05, 0.1) is 12.7 Å². The minimum atomic E-state index is -0.956. The summed E-state index contributed by atoms with van der Waals surface area (Å²) in [6.45, 7) is 3.95. The molecular formula is C30H28N2O3. The van der Waals surface area contributed by atoms with E-state index in [4.69, 9.17) is 15.0 Å². The first-order valence-electron chi connectivity index (χ1n) is 11.4. The first kappa shape index (κ1) is 23.9. The first-order chi connectivity index (χ1) is 16.9. The zero-order chi connectivity index (χ0) is 24.9. The summed E-state index contributed by atoms with van der Waals surface area (Å²) in [6.07, 6.45) is 0. The number of nitrogens with zero attached hydrogens (tertiary/aromatic N) is 2. The molecule has 5 nitrogen and oxygen atoms in total. The minimum Gasteiger partial charge on any atom is -0.497 e. The summed E-state index contributed by atoms with van der Waals surface area (Å²) >= 11 is 0. The van der Waals surface area contributed by atoms with Crippen molar-refractivity contribution in [2.45, 2.75) is 24.9 Å². The molecule has 4 aromatic rings. The van der Waals surface area contributed by atoms with Crippen LogP contribution >= 0.6 is 0 Å². The van der Waals surface area contributed by atoms with Crippen LogP contribution in [0.1, 0.15) is 46.5 Å². The Hall–Kier alpha value is -4.25. The SMILES string of the molecule is COc1ccc(C(/N=N/C(C)(C)c2ccc(C(=O)O)cc2)(c2ccccc2)c2ccccc2)cc1. The van der Waals surface area contributed by atoms with Gasteiger partial charge in [-0.3, -0.25) is 0 Å². The number of carboxylic acids is 1. The number of carboxylic acid groups (broad SMARTS) is 1. The van der Waals surface area contributed by atoms with E-state index in [0.717, 1.165) is 28.0 Å². The number of rotatable bonds is 8. The van der Waals surface area contributed by atoms with Crippen molar-refractivity contribution in [2.24, 2.45) is 10.2 Å². The highest BCUT2D eigenvalue weighted by molar-refractivity contribution is 5.87. The molecule has 5 heteroatoms. The molecule has 0 saturated heterocycles. The first-order valence-corrected chi connectivity index (χ1v) is 11.4. The largest absolute Gasteiger partial charge is 0.497 e. The molecule has 0 heterocycles. The third kappa shape index (κ3) is 4.85. The fraction of sp³-hybridized carbons (Fsp3) is 0.167. The molecule has 0 bridgehead atoms. The summed E-state index contributed by atoms with van der Waals surface area (Å²) in [5, 5.41) is 19.2. The van der Waals surface area contributed by atoms with Crippen LogP contribution in [0.15, 0.2) is 119 Å². The standard InChI is InChI=1S/C30H28N2O3/c1-29(2,23-16-14-22(15-17-23)28(33)34)31-32-30(24-10-6-4-7-11-24,25-12-8-5-9-13-25)26-18-20-27(35-3)21-19-26/h4-21H,1-3H3,(H,33,34)/b32-31+. The highest BCUT2D eigenvalue weighted by atomic mass is 16.5. The number of azo groups is 1. The molecule has 176 valence electrons. The van der Waals surface area contributed by atoms with Gasteiger partial charge in [-0.2, -0.15) is 10.2 Å². The van der Waals surface area contributed by atoms with Crippen LogP contribution in [0.25, 0.3) is 0 Å². The molecule has 0 aliphatic carbocycles. The Morgan fingerprint density at radius 3 is 1.57 bits per heavy atom. The van der Waals surface area contributed by atoms with Crippen molar-refractivity contribution >= 4 is 5.97 Å². The van der Waals surface area contributed by atoms with Crippen molar-refractivity contribution in [3.05, 3.63) is 137 Å². The van der Waals surface area contributed by atoms with E-state index in [-0.39, 0.29) is 5.56 Å². The molecule has 1 N–H and O–H groups in total. The number of aromatic carboxylic acids is 1. The minimum absolute atomic E-state index is 0.239. The van der Waals surface area contributed by atoms with Gasteiger partial charge in [-0.15, -0.1) is 0 Å². The van der Waals surface area contributed by atoms with Crippen molar-refractivity contribution in [3.63, 3.8) is 0 Å². The maximum absolute atomic E-state index is 11.3. The summed E-state index contributed by atoms with van der Waals surface area (Å²) in [4.78, 5) is 11.3. The molecule has 0 radical (unpaired) electrons. The number of hydrogen-bond acceptors (Lipinski definition) is 4. The monoisotopic (exact) mass is 464 g/mol. The van der Waals surface area contributed by atoms with Gasteiger partial charge >= 0.3 is 5.97 Å². The molecule has 0 aliphatic rings. The second-order valence-electron chi connectivity index (χ2n) is 8.81. The Bertz CT molecular complexity index is 1260. The lowest BCUT2D eigenvalue weighted by Crippen LogP contribution is -2.28. The average molecular weight is 465 g/mol.